The highest BCUT2D eigenvalue weighted by Gasteiger charge is 2.43. The van der Waals surface area contributed by atoms with Gasteiger partial charge in [0.1, 0.15) is 0 Å². The summed E-state index contributed by atoms with van der Waals surface area (Å²) in [6, 6.07) is 0. The molecule has 0 amide bonds. The molecular formula is C14H20N2O4. The molecule has 3 unspecified atom stereocenters. The Morgan fingerprint density at radius 2 is 2.25 bits per heavy atom. The maximum absolute atomic E-state index is 10.8. The van der Waals surface area contributed by atoms with E-state index in [0.29, 0.717) is 18.4 Å². The molecule has 2 saturated heterocycles. The summed E-state index contributed by atoms with van der Waals surface area (Å²) in [5.41, 5.74) is -0.388. The molecule has 2 fully saturated rings. The molecule has 1 aromatic heterocycles. The van der Waals surface area contributed by atoms with Crippen molar-refractivity contribution < 1.29 is 19.2 Å². The molecule has 3 heterocycles. The highest BCUT2D eigenvalue weighted by Crippen LogP contribution is 2.43. The summed E-state index contributed by atoms with van der Waals surface area (Å²) in [4.78, 5) is 15.3. The normalized spacial score (nSPS) is 29.0. The van der Waals surface area contributed by atoms with Gasteiger partial charge in [0.2, 0.25) is 5.89 Å². The fourth-order valence-electron chi connectivity index (χ4n) is 3.28. The molecule has 0 radical (unpaired) electrons. The van der Waals surface area contributed by atoms with Gasteiger partial charge in [0.25, 0.3) is 0 Å². The summed E-state index contributed by atoms with van der Waals surface area (Å²) in [7, 11) is 0. The molecule has 0 saturated carbocycles. The molecule has 1 aromatic rings. The Hall–Kier alpha value is -1.43. The minimum absolute atomic E-state index is 0.0853. The van der Waals surface area contributed by atoms with Crippen LogP contribution in [0.1, 0.15) is 57.2 Å². The fraction of sp³-hybridized carbons (Fsp3) is 0.786. The van der Waals surface area contributed by atoms with E-state index >= 15 is 0 Å². The smallest absolute Gasteiger partial charge is 0.303 e. The van der Waals surface area contributed by atoms with Gasteiger partial charge in [-0.25, -0.2) is 0 Å². The summed E-state index contributed by atoms with van der Waals surface area (Å²) in [6.45, 7) is 3.79. The summed E-state index contributed by atoms with van der Waals surface area (Å²) in [6.07, 6.45) is 4.34. The van der Waals surface area contributed by atoms with E-state index in [2.05, 4.69) is 10.1 Å². The summed E-state index contributed by atoms with van der Waals surface area (Å²) < 4.78 is 11.1. The average molecular weight is 280 g/mol. The lowest BCUT2D eigenvalue weighted by molar-refractivity contribution is -0.139. The first kappa shape index (κ1) is 13.5. The van der Waals surface area contributed by atoms with Gasteiger partial charge in [-0.1, -0.05) is 19.0 Å². The molecule has 0 aromatic carbocycles. The first-order valence-electron chi connectivity index (χ1n) is 7.13. The molecule has 6 heteroatoms. The third-order valence-corrected chi connectivity index (χ3v) is 4.18. The number of aliphatic carboxylic acids is 1. The maximum Gasteiger partial charge on any atom is 0.303 e. The second kappa shape index (κ2) is 4.84. The van der Waals surface area contributed by atoms with Gasteiger partial charge in [0, 0.05) is 6.42 Å². The molecular weight excluding hydrogens is 260 g/mol. The fourth-order valence-corrected chi connectivity index (χ4v) is 3.28. The number of hydrogen-bond acceptors (Lipinski definition) is 5. The van der Waals surface area contributed by atoms with Gasteiger partial charge in [0.15, 0.2) is 5.82 Å². The van der Waals surface area contributed by atoms with Gasteiger partial charge in [-0.15, -0.1) is 0 Å². The number of fused-ring (bicyclic) bond motifs is 2. The Kier molecular flexibility index (Phi) is 3.28. The van der Waals surface area contributed by atoms with Crippen LogP contribution < -0.4 is 0 Å². The predicted octanol–water partition coefficient (Wildman–Crippen LogP) is 2.15. The molecule has 0 aliphatic carbocycles. The zero-order chi connectivity index (χ0) is 14.3. The Bertz CT molecular complexity index is 511. The van der Waals surface area contributed by atoms with Gasteiger partial charge >= 0.3 is 5.97 Å². The summed E-state index contributed by atoms with van der Waals surface area (Å²) in [5.74, 6) is 0.678. The predicted molar refractivity (Wildman–Crippen MR) is 69.3 cm³/mol. The van der Waals surface area contributed by atoms with Crippen molar-refractivity contribution in [3.05, 3.63) is 11.7 Å². The van der Waals surface area contributed by atoms with Crippen LogP contribution in [0.2, 0.25) is 0 Å². The van der Waals surface area contributed by atoms with E-state index < -0.39 is 5.97 Å². The molecule has 3 rings (SSSR count). The van der Waals surface area contributed by atoms with Crippen LogP contribution in [0.15, 0.2) is 4.52 Å². The van der Waals surface area contributed by atoms with Gasteiger partial charge in [-0.3, -0.25) is 4.79 Å². The molecule has 6 nitrogen and oxygen atoms in total. The van der Waals surface area contributed by atoms with Crippen LogP contribution >= 0.6 is 0 Å². The van der Waals surface area contributed by atoms with Crippen LogP contribution in [0, 0.1) is 5.41 Å². The van der Waals surface area contributed by atoms with Gasteiger partial charge in [-0.2, -0.15) is 4.98 Å². The van der Waals surface area contributed by atoms with E-state index in [-0.39, 0.29) is 23.9 Å². The van der Waals surface area contributed by atoms with Crippen molar-refractivity contribution >= 4 is 5.97 Å². The Morgan fingerprint density at radius 1 is 1.45 bits per heavy atom. The van der Waals surface area contributed by atoms with Crippen molar-refractivity contribution in [1.82, 2.24) is 10.1 Å². The van der Waals surface area contributed by atoms with Crippen LogP contribution in [0.5, 0.6) is 0 Å². The first-order valence-corrected chi connectivity index (χ1v) is 7.13. The monoisotopic (exact) mass is 280 g/mol. The SMILES string of the molecule is CC(C)(CC(=O)O)Cc1nc(C2CC3CCC2O3)no1. The summed E-state index contributed by atoms with van der Waals surface area (Å²) >= 11 is 0. The van der Waals surface area contributed by atoms with E-state index in [1.54, 1.807) is 0 Å². The van der Waals surface area contributed by atoms with E-state index in [9.17, 15) is 4.79 Å². The van der Waals surface area contributed by atoms with Crippen molar-refractivity contribution in [3.63, 3.8) is 0 Å². The number of aromatic nitrogens is 2. The lowest BCUT2D eigenvalue weighted by Gasteiger charge is -2.19. The van der Waals surface area contributed by atoms with Crippen LogP contribution in [0.4, 0.5) is 0 Å². The molecule has 1 N–H and O–H groups in total. The van der Waals surface area contributed by atoms with E-state index in [0.717, 1.165) is 25.1 Å². The largest absolute Gasteiger partial charge is 0.481 e. The Labute approximate surface area is 117 Å². The highest BCUT2D eigenvalue weighted by molar-refractivity contribution is 5.67. The van der Waals surface area contributed by atoms with Gasteiger partial charge in [0.05, 0.1) is 24.5 Å². The number of carboxylic acid groups (broad SMARTS) is 1. The molecule has 2 aliphatic rings. The molecule has 0 spiro atoms. The van der Waals surface area contributed by atoms with Crippen LogP contribution in [0.3, 0.4) is 0 Å². The first-order chi connectivity index (χ1) is 9.43. The highest BCUT2D eigenvalue weighted by atomic mass is 16.5. The van der Waals surface area contributed by atoms with E-state index in [1.165, 1.54) is 0 Å². The number of carbonyl (C=O) groups is 1. The van der Waals surface area contributed by atoms with Gasteiger partial charge < -0.3 is 14.4 Å². The Balaban J connectivity index is 1.66. The summed E-state index contributed by atoms with van der Waals surface area (Å²) in [5, 5.41) is 13.0. The van der Waals surface area contributed by atoms with E-state index in [4.69, 9.17) is 14.4 Å². The average Bonchev–Trinajstić information content (AvgIpc) is 3.00. The standard InChI is InChI=1S/C14H20N2O4/c1-14(2,7-12(17)18)6-11-15-13(16-20-11)9-5-8-3-4-10(9)19-8/h8-10H,3-7H2,1-2H3,(H,17,18). The van der Waals surface area contributed by atoms with Crippen LogP contribution in [0.25, 0.3) is 0 Å². The number of hydrogen-bond donors (Lipinski definition) is 1. The van der Waals surface area contributed by atoms with Crippen molar-refractivity contribution in [3.8, 4) is 0 Å². The van der Waals surface area contributed by atoms with Crippen molar-refractivity contribution in [2.45, 2.75) is 64.1 Å². The molecule has 3 atom stereocenters. The maximum atomic E-state index is 10.8. The zero-order valence-corrected chi connectivity index (χ0v) is 11.8. The molecule has 2 aliphatic heterocycles. The van der Waals surface area contributed by atoms with E-state index in [1.807, 2.05) is 13.8 Å². The number of ether oxygens (including phenoxy) is 1. The Morgan fingerprint density at radius 3 is 2.85 bits per heavy atom. The molecule has 2 bridgehead atoms. The second-order valence-electron chi connectivity index (χ2n) is 6.67. The lowest BCUT2D eigenvalue weighted by atomic mass is 9.85. The molecule has 20 heavy (non-hydrogen) atoms. The van der Waals surface area contributed by atoms with Crippen molar-refractivity contribution in [1.29, 1.82) is 0 Å². The number of rotatable bonds is 5. The third kappa shape index (κ3) is 2.70. The van der Waals surface area contributed by atoms with Crippen molar-refractivity contribution in [2.75, 3.05) is 0 Å². The quantitative estimate of drug-likeness (QED) is 0.889. The van der Waals surface area contributed by atoms with Crippen molar-refractivity contribution in [2.24, 2.45) is 5.41 Å². The number of nitrogens with zero attached hydrogens (tertiary/aromatic N) is 2. The second-order valence-corrected chi connectivity index (χ2v) is 6.67. The molecule has 110 valence electrons. The topological polar surface area (TPSA) is 85.5 Å². The van der Waals surface area contributed by atoms with Gasteiger partial charge in [-0.05, 0) is 24.7 Å². The minimum Gasteiger partial charge on any atom is -0.481 e. The van der Waals surface area contributed by atoms with Crippen LogP contribution in [-0.2, 0) is 16.0 Å². The number of carboxylic acids is 1. The lowest BCUT2D eigenvalue weighted by Crippen LogP contribution is -2.20. The minimum atomic E-state index is -0.809. The van der Waals surface area contributed by atoms with Crippen LogP contribution in [-0.4, -0.2) is 33.4 Å². The zero-order valence-electron chi connectivity index (χ0n) is 11.8. The third-order valence-electron chi connectivity index (χ3n) is 4.18.